The summed E-state index contributed by atoms with van der Waals surface area (Å²) in [4.78, 5) is 8.54. The lowest BCUT2D eigenvalue weighted by Gasteiger charge is -2.06. The highest BCUT2D eigenvalue weighted by Crippen LogP contribution is 2.25. The first kappa shape index (κ1) is 13.0. The zero-order valence-electron chi connectivity index (χ0n) is 11.8. The Morgan fingerprint density at radius 1 is 0.909 bits per heavy atom. The van der Waals surface area contributed by atoms with Crippen LogP contribution in [0.3, 0.4) is 0 Å². The van der Waals surface area contributed by atoms with Crippen LogP contribution in [0.25, 0.3) is 27.4 Å². The number of rotatable bonds is 3. The summed E-state index contributed by atoms with van der Waals surface area (Å²) >= 11 is 1.65. The van der Waals surface area contributed by atoms with E-state index in [0.29, 0.717) is 0 Å². The van der Waals surface area contributed by atoms with Crippen molar-refractivity contribution in [2.45, 2.75) is 0 Å². The fourth-order valence-electron chi connectivity index (χ4n) is 2.43. The maximum Gasteiger partial charge on any atom is 0.124 e. The van der Waals surface area contributed by atoms with Crippen molar-refractivity contribution in [3.63, 3.8) is 0 Å². The molecular weight excluding hydrogens is 290 g/mol. The molecule has 4 aromatic rings. The summed E-state index contributed by atoms with van der Waals surface area (Å²) in [6.45, 7) is 0. The van der Waals surface area contributed by atoms with Crippen molar-refractivity contribution >= 4 is 11.3 Å². The lowest BCUT2D eigenvalue weighted by atomic mass is 10.1. The van der Waals surface area contributed by atoms with Gasteiger partial charge < -0.3 is 4.57 Å². The van der Waals surface area contributed by atoms with Gasteiger partial charge in [-0.2, -0.15) is 0 Å². The topological polar surface area (TPSA) is 30.7 Å². The Kier molecular flexibility index (Phi) is 3.29. The van der Waals surface area contributed by atoms with Crippen LogP contribution in [-0.2, 0) is 0 Å². The third-order valence-corrected chi connectivity index (χ3v) is 4.33. The van der Waals surface area contributed by atoms with E-state index in [1.54, 1.807) is 17.5 Å². The van der Waals surface area contributed by atoms with Crippen LogP contribution in [0.5, 0.6) is 0 Å². The molecule has 0 saturated heterocycles. The van der Waals surface area contributed by atoms with Crippen LogP contribution in [0.4, 0.5) is 0 Å². The normalized spacial score (nSPS) is 10.7. The molecule has 3 heterocycles. The molecule has 0 bridgehead atoms. The van der Waals surface area contributed by atoms with E-state index in [9.17, 15) is 0 Å². The fourth-order valence-corrected chi connectivity index (χ4v) is 3.06. The molecule has 22 heavy (non-hydrogen) atoms. The van der Waals surface area contributed by atoms with Crippen LogP contribution in [0.2, 0.25) is 0 Å². The van der Waals surface area contributed by atoms with Crippen LogP contribution >= 0.6 is 11.3 Å². The molecule has 0 unspecified atom stereocenters. The summed E-state index contributed by atoms with van der Waals surface area (Å²) < 4.78 is 2.12. The summed E-state index contributed by atoms with van der Waals surface area (Å²) in [7, 11) is 0. The van der Waals surface area contributed by atoms with Crippen LogP contribution in [0, 0.1) is 0 Å². The molecule has 0 N–H and O–H groups in total. The van der Waals surface area contributed by atoms with Crippen molar-refractivity contribution in [2.24, 2.45) is 0 Å². The molecule has 0 aliphatic carbocycles. The Morgan fingerprint density at radius 3 is 2.68 bits per heavy atom. The van der Waals surface area contributed by atoms with Crippen molar-refractivity contribution in [2.75, 3.05) is 0 Å². The second-order valence-corrected chi connectivity index (χ2v) is 5.83. The van der Waals surface area contributed by atoms with Gasteiger partial charge in [0.2, 0.25) is 0 Å². The summed E-state index contributed by atoms with van der Waals surface area (Å²) in [6, 6.07) is 14.6. The Bertz CT molecular complexity index is 880. The van der Waals surface area contributed by atoms with Crippen LogP contribution in [-0.4, -0.2) is 14.5 Å². The van der Waals surface area contributed by atoms with Crippen molar-refractivity contribution in [1.82, 2.24) is 14.5 Å². The summed E-state index contributed by atoms with van der Waals surface area (Å²) in [6.07, 6.45) is 9.69. The first-order chi connectivity index (χ1) is 10.9. The van der Waals surface area contributed by atoms with Gasteiger partial charge in [0.25, 0.3) is 0 Å². The molecule has 0 saturated carbocycles. The number of aromatic nitrogens is 3. The minimum absolute atomic E-state index is 1.04. The van der Waals surface area contributed by atoms with Crippen LogP contribution in [0.15, 0.2) is 78.8 Å². The van der Waals surface area contributed by atoms with Crippen molar-refractivity contribution in [3.8, 4) is 27.4 Å². The van der Waals surface area contributed by atoms with E-state index < -0.39 is 0 Å². The standard InChI is InChI=1S/C18H13N3S/c1-3-14(15-4-2-7-19-12-15)11-17(5-1)21-9-6-16(13-21)18-20-8-10-22-18/h1-13H. The Hall–Kier alpha value is -2.72. The second kappa shape index (κ2) is 5.58. The summed E-state index contributed by atoms with van der Waals surface area (Å²) in [5.74, 6) is 0. The molecule has 0 spiro atoms. The van der Waals surface area contributed by atoms with E-state index in [2.05, 4.69) is 63.3 Å². The second-order valence-electron chi connectivity index (χ2n) is 4.94. The Balaban J connectivity index is 1.72. The number of nitrogens with zero attached hydrogens (tertiary/aromatic N) is 3. The lowest BCUT2D eigenvalue weighted by molar-refractivity contribution is 1.08. The van der Waals surface area contributed by atoms with E-state index >= 15 is 0 Å². The molecule has 0 amide bonds. The molecule has 0 fully saturated rings. The molecule has 0 radical (unpaired) electrons. The van der Waals surface area contributed by atoms with Gasteiger partial charge in [-0.3, -0.25) is 4.98 Å². The van der Waals surface area contributed by atoms with Gasteiger partial charge in [0.15, 0.2) is 0 Å². The largest absolute Gasteiger partial charge is 0.323 e. The van der Waals surface area contributed by atoms with E-state index in [4.69, 9.17) is 0 Å². The van der Waals surface area contributed by atoms with Gasteiger partial charge in [0.1, 0.15) is 5.01 Å². The number of pyridine rings is 1. The number of hydrogen-bond donors (Lipinski definition) is 0. The molecule has 4 heteroatoms. The first-order valence-corrected chi connectivity index (χ1v) is 7.87. The number of thiazole rings is 1. The Labute approximate surface area is 132 Å². The Morgan fingerprint density at radius 2 is 1.86 bits per heavy atom. The maximum absolute atomic E-state index is 4.36. The zero-order valence-corrected chi connectivity index (χ0v) is 12.6. The third-order valence-electron chi connectivity index (χ3n) is 3.51. The first-order valence-electron chi connectivity index (χ1n) is 6.99. The average Bonchev–Trinajstić information content (AvgIpc) is 3.27. The van der Waals surface area contributed by atoms with Crippen molar-refractivity contribution in [3.05, 3.63) is 78.8 Å². The lowest BCUT2D eigenvalue weighted by Crippen LogP contribution is -1.90. The zero-order chi connectivity index (χ0) is 14.8. The predicted octanol–water partition coefficient (Wildman–Crippen LogP) is 4.66. The summed E-state index contributed by atoms with van der Waals surface area (Å²) in [5, 5.41) is 3.04. The molecule has 4 rings (SSSR count). The van der Waals surface area contributed by atoms with Crippen LogP contribution in [0.1, 0.15) is 0 Å². The smallest absolute Gasteiger partial charge is 0.124 e. The van der Waals surface area contributed by atoms with Gasteiger partial charge in [-0.05, 0) is 29.8 Å². The predicted molar refractivity (Wildman–Crippen MR) is 90.1 cm³/mol. The fraction of sp³-hybridized carbons (Fsp3) is 0. The molecule has 1 aromatic carbocycles. The van der Waals surface area contributed by atoms with E-state index in [0.717, 1.165) is 27.4 Å². The van der Waals surface area contributed by atoms with E-state index in [-0.39, 0.29) is 0 Å². The quantitative estimate of drug-likeness (QED) is 0.551. The number of benzene rings is 1. The van der Waals surface area contributed by atoms with Gasteiger partial charge in [0.05, 0.1) is 0 Å². The van der Waals surface area contributed by atoms with Crippen LogP contribution < -0.4 is 0 Å². The van der Waals surface area contributed by atoms with Gasteiger partial charge in [-0.15, -0.1) is 11.3 Å². The molecule has 106 valence electrons. The molecule has 0 aliphatic rings. The van der Waals surface area contributed by atoms with Gasteiger partial charge in [-0.25, -0.2) is 4.98 Å². The molecule has 3 aromatic heterocycles. The van der Waals surface area contributed by atoms with Crippen molar-refractivity contribution in [1.29, 1.82) is 0 Å². The highest BCUT2D eigenvalue weighted by atomic mass is 32.1. The number of hydrogen-bond acceptors (Lipinski definition) is 3. The highest BCUT2D eigenvalue weighted by molar-refractivity contribution is 7.13. The monoisotopic (exact) mass is 303 g/mol. The van der Waals surface area contributed by atoms with Gasteiger partial charge >= 0.3 is 0 Å². The molecule has 3 nitrogen and oxygen atoms in total. The van der Waals surface area contributed by atoms with Gasteiger partial charge in [-0.1, -0.05) is 18.2 Å². The van der Waals surface area contributed by atoms with E-state index in [1.165, 1.54) is 0 Å². The third kappa shape index (κ3) is 2.44. The minimum atomic E-state index is 1.04. The molecule has 0 aliphatic heterocycles. The van der Waals surface area contributed by atoms with Crippen molar-refractivity contribution < 1.29 is 0 Å². The van der Waals surface area contributed by atoms with E-state index in [1.807, 2.05) is 23.8 Å². The van der Waals surface area contributed by atoms with Gasteiger partial charge in [0, 0.05) is 53.2 Å². The maximum atomic E-state index is 4.36. The SMILES string of the molecule is c1cncc(-c2cccc(-n3ccc(-c4nccs4)c3)c2)c1. The highest BCUT2D eigenvalue weighted by Gasteiger charge is 2.05. The average molecular weight is 303 g/mol. The summed E-state index contributed by atoms with van der Waals surface area (Å²) in [5.41, 5.74) is 4.55. The molecule has 0 atom stereocenters. The molecular formula is C18H13N3S. The minimum Gasteiger partial charge on any atom is -0.323 e.